The number of benzene rings is 1. The lowest BCUT2D eigenvalue weighted by molar-refractivity contribution is 0.0758. The van der Waals surface area contributed by atoms with E-state index in [4.69, 9.17) is 0 Å². The summed E-state index contributed by atoms with van der Waals surface area (Å²) in [6.07, 6.45) is 2.27. The summed E-state index contributed by atoms with van der Waals surface area (Å²) in [5.74, 6) is 1.71. The molecule has 26 heavy (non-hydrogen) atoms. The first kappa shape index (κ1) is 23.1. The molecule has 4 nitrogen and oxygen atoms in total. The number of hydrogen-bond acceptors (Lipinski definition) is 3. The smallest absolute Gasteiger partial charge is 0.253 e. The molecule has 148 valence electrons. The summed E-state index contributed by atoms with van der Waals surface area (Å²) in [4.78, 5) is 17.3. The zero-order chi connectivity index (χ0) is 17.1. The van der Waals surface area contributed by atoms with E-state index in [0.717, 1.165) is 63.0 Å². The Balaban J connectivity index is 0.00000169. The standard InChI is InChI=1S/C20H31N3O.2ClH/c1-4-23(15(2)3)19-7-5-16(6-8-19)20(24)22-11-9-17-13-21-14-18(17)10-12-22;;/h5-8,15,17-18,21H,4,9-14H2,1-3H3;2*1H/t17-,18+;;. The third kappa shape index (κ3) is 5.05. The van der Waals surface area contributed by atoms with Crippen LogP contribution >= 0.6 is 24.8 Å². The number of halogens is 2. The van der Waals surface area contributed by atoms with E-state index in [1.165, 1.54) is 5.69 Å². The number of carbonyl (C=O) groups is 1. The molecule has 2 heterocycles. The number of hydrogen-bond donors (Lipinski definition) is 1. The Hall–Kier alpha value is -0.970. The van der Waals surface area contributed by atoms with Gasteiger partial charge in [0.05, 0.1) is 0 Å². The van der Waals surface area contributed by atoms with Gasteiger partial charge in [-0.05, 0) is 82.8 Å². The van der Waals surface area contributed by atoms with Crippen LogP contribution in [0.2, 0.25) is 0 Å². The summed E-state index contributed by atoms with van der Waals surface area (Å²) in [7, 11) is 0. The number of carbonyl (C=O) groups excluding carboxylic acids is 1. The molecule has 0 bridgehead atoms. The van der Waals surface area contributed by atoms with Gasteiger partial charge in [0, 0.05) is 36.9 Å². The molecule has 0 spiro atoms. The van der Waals surface area contributed by atoms with Crippen LogP contribution < -0.4 is 10.2 Å². The monoisotopic (exact) mass is 401 g/mol. The van der Waals surface area contributed by atoms with E-state index in [0.29, 0.717) is 6.04 Å². The number of fused-ring (bicyclic) bond motifs is 1. The number of rotatable bonds is 4. The molecule has 2 aliphatic heterocycles. The highest BCUT2D eigenvalue weighted by Gasteiger charge is 2.31. The van der Waals surface area contributed by atoms with Crippen molar-refractivity contribution in [2.75, 3.05) is 37.6 Å². The van der Waals surface area contributed by atoms with Gasteiger partial charge in [-0.15, -0.1) is 24.8 Å². The average molecular weight is 402 g/mol. The summed E-state index contributed by atoms with van der Waals surface area (Å²) in [6, 6.07) is 8.64. The highest BCUT2D eigenvalue weighted by molar-refractivity contribution is 5.94. The number of likely N-dealkylation sites (tertiary alicyclic amines) is 1. The van der Waals surface area contributed by atoms with Gasteiger partial charge < -0.3 is 15.1 Å². The van der Waals surface area contributed by atoms with E-state index < -0.39 is 0 Å². The van der Waals surface area contributed by atoms with Gasteiger partial charge in [0.1, 0.15) is 0 Å². The van der Waals surface area contributed by atoms with Crippen LogP contribution in [0.3, 0.4) is 0 Å². The van der Waals surface area contributed by atoms with Crippen LogP contribution in [-0.4, -0.2) is 49.6 Å². The Morgan fingerprint density at radius 2 is 1.65 bits per heavy atom. The highest BCUT2D eigenvalue weighted by atomic mass is 35.5. The maximum Gasteiger partial charge on any atom is 0.253 e. The normalized spacial score (nSPS) is 22.1. The molecule has 2 fully saturated rings. The summed E-state index contributed by atoms with van der Waals surface area (Å²) < 4.78 is 0. The van der Waals surface area contributed by atoms with Crippen LogP contribution in [0.1, 0.15) is 44.0 Å². The van der Waals surface area contributed by atoms with Crippen molar-refractivity contribution < 1.29 is 4.79 Å². The van der Waals surface area contributed by atoms with Crippen molar-refractivity contribution in [2.45, 2.75) is 39.7 Å². The first-order chi connectivity index (χ1) is 11.6. The van der Waals surface area contributed by atoms with Crippen LogP contribution in [0.25, 0.3) is 0 Å². The quantitative estimate of drug-likeness (QED) is 0.832. The number of nitrogens with one attached hydrogen (secondary N) is 1. The van der Waals surface area contributed by atoms with E-state index in [9.17, 15) is 4.79 Å². The number of anilines is 1. The van der Waals surface area contributed by atoms with E-state index in [1.54, 1.807) is 0 Å². The second-order valence-electron chi connectivity index (χ2n) is 7.47. The third-order valence-corrected chi connectivity index (χ3v) is 5.72. The van der Waals surface area contributed by atoms with E-state index in [-0.39, 0.29) is 30.7 Å². The average Bonchev–Trinajstić information content (AvgIpc) is 2.94. The van der Waals surface area contributed by atoms with Gasteiger partial charge in [-0.25, -0.2) is 0 Å². The molecular weight excluding hydrogens is 369 g/mol. The van der Waals surface area contributed by atoms with Crippen molar-refractivity contribution in [3.05, 3.63) is 29.8 Å². The van der Waals surface area contributed by atoms with Gasteiger partial charge in [0.2, 0.25) is 0 Å². The first-order valence-electron chi connectivity index (χ1n) is 9.46. The molecule has 0 aliphatic carbocycles. The molecule has 2 aliphatic rings. The fourth-order valence-electron chi connectivity index (χ4n) is 4.25. The molecule has 1 N–H and O–H groups in total. The minimum absolute atomic E-state index is 0. The Labute approximate surface area is 170 Å². The predicted octanol–water partition coefficient (Wildman–Crippen LogP) is 3.84. The molecule has 0 unspecified atom stereocenters. The highest BCUT2D eigenvalue weighted by Crippen LogP contribution is 2.28. The molecule has 1 aromatic rings. The third-order valence-electron chi connectivity index (χ3n) is 5.72. The maximum atomic E-state index is 12.9. The summed E-state index contributed by atoms with van der Waals surface area (Å²) in [5.41, 5.74) is 2.02. The van der Waals surface area contributed by atoms with Crippen molar-refractivity contribution in [1.29, 1.82) is 0 Å². The summed E-state index contributed by atoms with van der Waals surface area (Å²) >= 11 is 0. The Kier molecular flexibility index (Phi) is 9.22. The molecule has 3 rings (SSSR count). The van der Waals surface area contributed by atoms with Crippen molar-refractivity contribution >= 4 is 36.4 Å². The van der Waals surface area contributed by atoms with Crippen LogP contribution in [0, 0.1) is 11.8 Å². The molecule has 1 amide bonds. The fraction of sp³-hybridized carbons (Fsp3) is 0.650. The van der Waals surface area contributed by atoms with Gasteiger partial charge in [-0.2, -0.15) is 0 Å². The van der Waals surface area contributed by atoms with Gasteiger partial charge in [0.25, 0.3) is 5.91 Å². The minimum Gasteiger partial charge on any atom is -0.369 e. The van der Waals surface area contributed by atoms with E-state index >= 15 is 0 Å². The second-order valence-corrected chi connectivity index (χ2v) is 7.47. The molecule has 1 aromatic carbocycles. The fourth-order valence-corrected chi connectivity index (χ4v) is 4.25. The molecule has 2 saturated heterocycles. The number of amides is 1. The lowest BCUT2D eigenvalue weighted by Gasteiger charge is -2.28. The van der Waals surface area contributed by atoms with Gasteiger partial charge in [0.15, 0.2) is 0 Å². The molecule has 6 heteroatoms. The van der Waals surface area contributed by atoms with Crippen LogP contribution in [0.5, 0.6) is 0 Å². The van der Waals surface area contributed by atoms with Crippen LogP contribution in [0.15, 0.2) is 24.3 Å². The second kappa shape index (κ2) is 10.4. The lowest BCUT2D eigenvalue weighted by atomic mass is 9.92. The molecule has 0 saturated carbocycles. The largest absolute Gasteiger partial charge is 0.369 e. The van der Waals surface area contributed by atoms with Crippen molar-refractivity contribution in [2.24, 2.45) is 11.8 Å². The predicted molar refractivity (Wildman–Crippen MR) is 114 cm³/mol. The molecular formula is C20H33Cl2N3O. The first-order valence-corrected chi connectivity index (χ1v) is 9.46. The van der Waals surface area contributed by atoms with Gasteiger partial charge >= 0.3 is 0 Å². The molecule has 0 aromatic heterocycles. The van der Waals surface area contributed by atoms with Crippen LogP contribution in [-0.2, 0) is 0 Å². The molecule has 0 radical (unpaired) electrons. The zero-order valence-corrected chi connectivity index (χ0v) is 17.7. The lowest BCUT2D eigenvalue weighted by Crippen LogP contribution is -2.33. The summed E-state index contributed by atoms with van der Waals surface area (Å²) in [5, 5.41) is 3.49. The van der Waals surface area contributed by atoms with Crippen molar-refractivity contribution in [3.8, 4) is 0 Å². The van der Waals surface area contributed by atoms with Crippen molar-refractivity contribution in [3.63, 3.8) is 0 Å². The Morgan fingerprint density at radius 3 is 2.12 bits per heavy atom. The topological polar surface area (TPSA) is 35.6 Å². The Bertz CT molecular complexity index is 551. The van der Waals surface area contributed by atoms with Gasteiger partial charge in [-0.3, -0.25) is 4.79 Å². The van der Waals surface area contributed by atoms with E-state index in [1.807, 2.05) is 12.1 Å². The SMILES string of the molecule is CCN(c1ccc(C(=O)N2CC[C@@H]3CNC[C@@H]3CC2)cc1)C(C)C.Cl.Cl. The zero-order valence-electron chi connectivity index (χ0n) is 16.1. The molecule has 2 atom stereocenters. The van der Waals surface area contributed by atoms with Crippen molar-refractivity contribution in [1.82, 2.24) is 10.2 Å². The van der Waals surface area contributed by atoms with Crippen LogP contribution in [0.4, 0.5) is 5.69 Å². The number of nitrogens with zero attached hydrogens (tertiary/aromatic N) is 2. The Morgan fingerprint density at radius 1 is 1.12 bits per heavy atom. The maximum absolute atomic E-state index is 12.9. The summed E-state index contributed by atoms with van der Waals surface area (Å²) in [6.45, 7) is 11.6. The minimum atomic E-state index is 0. The van der Waals surface area contributed by atoms with E-state index in [2.05, 4.69) is 48.0 Å². The van der Waals surface area contributed by atoms with Gasteiger partial charge in [-0.1, -0.05) is 0 Å².